The third-order valence-corrected chi connectivity index (χ3v) is 3.61. The summed E-state index contributed by atoms with van der Waals surface area (Å²) < 4.78 is 2.06. The number of rotatable bonds is 4. The fraction of sp³-hybridized carbons (Fsp3) is 0.250. The maximum absolute atomic E-state index is 5.96. The van der Waals surface area contributed by atoms with Crippen LogP contribution in [0.5, 0.6) is 0 Å². The number of aryl methyl sites for hydroxylation is 1. The molecule has 0 radical (unpaired) electrons. The highest BCUT2D eigenvalue weighted by molar-refractivity contribution is 7.99. The monoisotopic (exact) mass is 267 g/mol. The number of thioether (sulfide) groups is 1. The van der Waals surface area contributed by atoms with Crippen molar-refractivity contribution in [2.24, 2.45) is 5.73 Å². The van der Waals surface area contributed by atoms with E-state index in [-0.39, 0.29) is 0 Å². The number of hydrogen-bond donors (Lipinski definition) is 1. The van der Waals surface area contributed by atoms with Gasteiger partial charge in [-0.3, -0.25) is 4.57 Å². The summed E-state index contributed by atoms with van der Waals surface area (Å²) in [5.41, 5.74) is 7.74. The van der Waals surface area contributed by atoms with Crippen LogP contribution in [0.25, 0.3) is 5.69 Å². The Kier molecular flexibility index (Phi) is 4.10. The highest BCUT2D eigenvalue weighted by Gasteiger charge is 2.07. The zero-order valence-electron chi connectivity index (χ0n) is 9.56. The molecular weight excluding hydrogens is 254 g/mol. The number of benzene rings is 1. The van der Waals surface area contributed by atoms with Gasteiger partial charge in [-0.25, -0.2) is 4.98 Å². The van der Waals surface area contributed by atoms with Gasteiger partial charge in [0.05, 0.1) is 5.69 Å². The van der Waals surface area contributed by atoms with E-state index in [0.717, 1.165) is 27.2 Å². The number of halogens is 1. The average molecular weight is 268 g/mol. The largest absolute Gasteiger partial charge is 0.330 e. The van der Waals surface area contributed by atoms with Gasteiger partial charge in [0, 0.05) is 29.7 Å². The number of hydrogen-bond acceptors (Lipinski definition) is 3. The predicted molar refractivity (Wildman–Crippen MR) is 73.1 cm³/mol. The van der Waals surface area contributed by atoms with Crippen LogP contribution in [0.15, 0.2) is 35.7 Å². The Bertz CT molecular complexity index is 510. The molecule has 2 rings (SSSR count). The van der Waals surface area contributed by atoms with Crippen LogP contribution in [-0.4, -0.2) is 21.8 Å². The SMILES string of the molecule is Cc1cc(Cl)ccc1-n1ccnc1SCCN. The predicted octanol–water partition coefficient (Wildman–Crippen LogP) is 2.88. The normalized spacial score (nSPS) is 10.8. The first kappa shape index (κ1) is 12.5. The van der Waals surface area contributed by atoms with Gasteiger partial charge in [0.1, 0.15) is 0 Å². The summed E-state index contributed by atoms with van der Waals surface area (Å²) >= 11 is 7.61. The molecule has 0 saturated carbocycles. The summed E-state index contributed by atoms with van der Waals surface area (Å²) in [5, 5.41) is 1.71. The Morgan fingerprint density at radius 3 is 3.00 bits per heavy atom. The zero-order chi connectivity index (χ0) is 12.3. The van der Waals surface area contributed by atoms with E-state index in [9.17, 15) is 0 Å². The van der Waals surface area contributed by atoms with Crippen molar-refractivity contribution in [3.05, 3.63) is 41.2 Å². The minimum absolute atomic E-state index is 0.650. The molecule has 5 heteroatoms. The van der Waals surface area contributed by atoms with Crippen molar-refractivity contribution in [3.63, 3.8) is 0 Å². The third kappa shape index (κ3) is 2.83. The van der Waals surface area contributed by atoms with Crippen molar-refractivity contribution >= 4 is 23.4 Å². The van der Waals surface area contributed by atoms with E-state index in [0.29, 0.717) is 6.54 Å². The van der Waals surface area contributed by atoms with Crippen LogP contribution in [-0.2, 0) is 0 Å². The van der Waals surface area contributed by atoms with Gasteiger partial charge >= 0.3 is 0 Å². The van der Waals surface area contributed by atoms with E-state index in [1.165, 1.54) is 0 Å². The van der Waals surface area contributed by atoms with Crippen LogP contribution in [0.2, 0.25) is 5.02 Å². The maximum atomic E-state index is 5.96. The molecule has 0 bridgehead atoms. The van der Waals surface area contributed by atoms with Crippen molar-refractivity contribution < 1.29 is 0 Å². The maximum Gasteiger partial charge on any atom is 0.172 e. The summed E-state index contributed by atoms with van der Waals surface area (Å²) in [6.07, 6.45) is 3.75. The first-order chi connectivity index (χ1) is 8.22. The summed E-state index contributed by atoms with van der Waals surface area (Å²) in [6.45, 7) is 2.69. The molecule has 17 heavy (non-hydrogen) atoms. The van der Waals surface area contributed by atoms with Crippen molar-refractivity contribution in [1.29, 1.82) is 0 Å². The Hall–Kier alpha value is -0.970. The molecule has 0 amide bonds. The Morgan fingerprint density at radius 2 is 2.29 bits per heavy atom. The van der Waals surface area contributed by atoms with E-state index in [1.807, 2.05) is 31.3 Å². The number of nitrogens with zero attached hydrogens (tertiary/aromatic N) is 2. The van der Waals surface area contributed by atoms with E-state index in [1.54, 1.807) is 18.0 Å². The van der Waals surface area contributed by atoms with E-state index in [2.05, 4.69) is 9.55 Å². The molecule has 0 spiro atoms. The lowest BCUT2D eigenvalue weighted by Crippen LogP contribution is -2.03. The molecule has 90 valence electrons. The van der Waals surface area contributed by atoms with Gasteiger partial charge in [-0.1, -0.05) is 23.4 Å². The van der Waals surface area contributed by atoms with Crippen LogP contribution in [0.3, 0.4) is 0 Å². The highest BCUT2D eigenvalue weighted by atomic mass is 35.5. The summed E-state index contributed by atoms with van der Waals surface area (Å²) in [4.78, 5) is 4.33. The molecule has 0 saturated heterocycles. The second kappa shape index (κ2) is 5.58. The Labute approximate surface area is 110 Å². The van der Waals surface area contributed by atoms with Gasteiger partial charge in [-0.05, 0) is 30.7 Å². The molecule has 1 aromatic heterocycles. The molecule has 2 N–H and O–H groups in total. The highest BCUT2D eigenvalue weighted by Crippen LogP contribution is 2.24. The number of aromatic nitrogens is 2. The topological polar surface area (TPSA) is 43.8 Å². The van der Waals surface area contributed by atoms with Crippen molar-refractivity contribution in [2.75, 3.05) is 12.3 Å². The van der Waals surface area contributed by atoms with Crippen molar-refractivity contribution in [2.45, 2.75) is 12.1 Å². The molecule has 0 atom stereocenters. The fourth-order valence-corrected chi connectivity index (χ4v) is 2.58. The van der Waals surface area contributed by atoms with Gasteiger partial charge in [-0.15, -0.1) is 0 Å². The molecule has 0 aliphatic heterocycles. The molecule has 0 unspecified atom stereocenters. The second-order valence-corrected chi connectivity index (χ2v) is 5.15. The molecule has 1 aromatic carbocycles. The van der Waals surface area contributed by atoms with Crippen LogP contribution in [0.1, 0.15) is 5.56 Å². The standard InChI is InChI=1S/C12H14ClN3S/c1-9-8-10(13)2-3-11(9)16-6-5-15-12(16)17-7-4-14/h2-3,5-6,8H,4,7,14H2,1H3. The lowest BCUT2D eigenvalue weighted by atomic mass is 10.2. The molecule has 3 nitrogen and oxygen atoms in total. The first-order valence-electron chi connectivity index (χ1n) is 5.35. The van der Waals surface area contributed by atoms with Crippen LogP contribution in [0, 0.1) is 6.92 Å². The van der Waals surface area contributed by atoms with E-state index >= 15 is 0 Å². The lowest BCUT2D eigenvalue weighted by Gasteiger charge is -2.10. The molecular formula is C12H14ClN3S. The summed E-state index contributed by atoms with van der Waals surface area (Å²) in [5.74, 6) is 0.865. The minimum atomic E-state index is 0.650. The minimum Gasteiger partial charge on any atom is -0.330 e. The fourth-order valence-electron chi connectivity index (χ4n) is 1.62. The van der Waals surface area contributed by atoms with Gasteiger partial charge < -0.3 is 5.73 Å². The molecule has 2 aromatic rings. The Balaban J connectivity index is 2.35. The van der Waals surface area contributed by atoms with Crippen LogP contribution in [0.4, 0.5) is 0 Å². The van der Waals surface area contributed by atoms with E-state index < -0.39 is 0 Å². The third-order valence-electron chi connectivity index (χ3n) is 2.37. The van der Waals surface area contributed by atoms with Gasteiger partial charge in [-0.2, -0.15) is 0 Å². The van der Waals surface area contributed by atoms with Gasteiger partial charge in [0.25, 0.3) is 0 Å². The zero-order valence-corrected chi connectivity index (χ0v) is 11.1. The average Bonchev–Trinajstić information content (AvgIpc) is 2.74. The Morgan fingerprint density at radius 1 is 1.47 bits per heavy atom. The van der Waals surface area contributed by atoms with Crippen molar-refractivity contribution in [3.8, 4) is 5.69 Å². The van der Waals surface area contributed by atoms with E-state index in [4.69, 9.17) is 17.3 Å². The molecule has 1 heterocycles. The molecule has 0 fully saturated rings. The van der Waals surface area contributed by atoms with Gasteiger partial charge in [0.15, 0.2) is 5.16 Å². The van der Waals surface area contributed by atoms with Crippen LogP contribution < -0.4 is 5.73 Å². The summed E-state index contributed by atoms with van der Waals surface area (Å²) in [7, 11) is 0. The molecule has 0 aliphatic carbocycles. The lowest BCUT2D eigenvalue weighted by molar-refractivity contribution is 0.887. The summed E-state index contributed by atoms with van der Waals surface area (Å²) in [6, 6.07) is 5.85. The molecule has 0 aliphatic rings. The van der Waals surface area contributed by atoms with Crippen LogP contribution >= 0.6 is 23.4 Å². The smallest absolute Gasteiger partial charge is 0.172 e. The second-order valence-electron chi connectivity index (χ2n) is 3.65. The first-order valence-corrected chi connectivity index (χ1v) is 6.71. The quantitative estimate of drug-likeness (QED) is 0.867. The number of nitrogens with two attached hydrogens (primary N) is 1. The van der Waals surface area contributed by atoms with Crippen molar-refractivity contribution in [1.82, 2.24) is 9.55 Å². The number of imidazole rings is 1. The van der Waals surface area contributed by atoms with Gasteiger partial charge in [0.2, 0.25) is 0 Å².